The number of aryl methyl sites for hydroxylation is 3. The Morgan fingerprint density at radius 1 is 1.10 bits per heavy atom. The Labute approximate surface area is 120 Å². The van der Waals surface area contributed by atoms with E-state index >= 15 is 0 Å². The van der Waals surface area contributed by atoms with E-state index in [1.165, 1.54) is 22.3 Å². The van der Waals surface area contributed by atoms with E-state index in [1.54, 1.807) is 6.20 Å². The van der Waals surface area contributed by atoms with Crippen molar-refractivity contribution in [1.29, 1.82) is 0 Å². The number of ether oxygens (including phenoxy) is 1. The van der Waals surface area contributed by atoms with Crippen molar-refractivity contribution < 1.29 is 4.74 Å². The summed E-state index contributed by atoms with van der Waals surface area (Å²) in [6.45, 7) is 8.90. The summed E-state index contributed by atoms with van der Waals surface area (Å²) in [6, 6.07) is 6.13. The van der Waals surface area contributed by atoms with Crippen molar-refractivity contribution in [3.63, 3.8) is 0 Å². The first-order valence-corrected chi connectivity index (χ1v) is 6.94. The number of pyridine rings is 1. The van der Waals surface area contributed by atoms with Gasteiger partial charge in [0.1, 0.15) is 5.75 Å². The lowest BCUT2D eigenvalue weighted by atomic mass is 9.91. The average Bonchev–Trinajstić information content (AvgIpc) is 2.38. The van der Waals surface area contributed by atoms with Gasteiger partial charge in [0.25, 0.3) is 0 Å². The molecule has 0 saturated carbocycles. The standard InChI is InChI=1S/C17H22N2O/c1-5-20-15-8-14(9-19-10-15)17(18)16-12(3)6-11(2)7-13(16)4/h6-10,17H,5,18H2,1-4H3. The minimum atomic E-state index is -0.177. The molecule has 2 rings (SSSR count). The Hall–Kier alpha value is -1.87. The van der Waals surface area contributed by atoms with Crippen molar-refractivity contribution >= 4 is 0 Å². The van der Waals surface area contributed by atoms with E-state index in [-0.39, 0.29) is 6.04 Å². The van der Waals surface area contributed by atoms with Crippen molar-refractivity contribution in [3.05, 3.63) is 58.4 Å². The highest BCUT2D eigenvalue weighted by atomic mass is 16.5. The first-order chi connectivity index (χ1) is 9.52. The molecule has 0 aliphatic heterocycles. The van der Waals surface area contributed by atoms with Gasteiger partial charge in [-0.05, 0) is 56.0 Å². The molecule has 0 radical (unpaired) electrons. The molecular formula is C17H22N2O. The molecule has 0 aliphatic rings. The molecule has 0 fully saturated rings. The summed E-state index contributed by atoms with van der Waals surface area (Å²) in [4.78, 5) is 4.22. The van der Waals surface area contributed by atoms with Gasteiger partial charge < -0.3 is 10.5 Å². The van der Waals surface area contributed by atoms with E-state index in [2.05, 4.69) is 37.9 Å². The monoisotopic (exact) mass is 270 g/mol. The Morgan fingerprint density at radius 2 is 1.75 bits per heavy atom. The van der Waals surface area contributed by atoms with Crippen molar-refractivity contribution in [3.8, 4) is 5.75 Å². The van der Waals surface area contributed by atoms with Crippen LogP contribution in [0, 0.1) is 20.8 Å². The second kappa shape index (κ2) is 6.06. The van der Waals surface area contributed by atoms with Gasteiger partial charge in [-0.1, -0.05) is 17.7 Å². The molecular weight excluding hydrogens is 248 g/mol. The number of benzene rings is 1. The quantitative estimate of drug-likeness (QED) is 0.925. The molecule has 0 saturated heterocycles. The summed E-state index contributed by atoms with van der Waals surface area (Å²) in [5, 5.41) is 0. The summed E-state index contributed by atoms with van der Waals surface area (Å²) < 4.78 is 5.49. The number of aromatic nitrogens is 1. The van der Waals surface area contributed by atoms with Gasteiger partial charge >= 0.3 is 0 Å². The SMILES string of the molecule is CCOc1cncc(C(N)c2c(C)cc(C)cc2C)c1. The predicted octanol–water partition coefficient (Wildman–Crippen LogP) is 3.45. The highest BCUT2D eigenvalue weighted by Gasteiger charge is 2.15. The molecule has 2 N–H and O–H groups in total. The maximum Gasteiger partial charge on any atom is 0.137 e. The van der Waals surface area contributed by atoms with Gasteiger partial charge in [0, 0.05) is 6.20 Å². The van der Waals surface area contributed by atoms with Crippen LogP contribution in [-0.2, 0) is 0 Å². The van der Waals surface area contributed by atoms with Crippen molar-refractivity contribution in [2.75, 3.05) is 6.61 Å². The average molecular weight is 270 g/mol. The third-order valence-corrected chi connectivity index (χ3v) is 3.45. The maximum atomic E-state index is 6.44. The van der Waals surface area contributed by atoms with Gasteiger partial charge in [0.15, 0.2) is 0 Å². The molecule has 3 nitrogen and oxygen atoms in total. The molecule has 0 spiro atoms. The minimum Gasteiger partial charge on any atom is -0.492 e. The molecule has 20 heavy (non-hydrogen) atoms. The number of rotatable bonds is 4. The zero-order valence-electron chi connectivity index (χ0n) is 12.6. The zero-order valence-corrected chi connectivity index (χ0v) is 12.6. The number of nitrogens with two attached hydrogens (primary N) is 1. The largest absolute Gasteiger partial charge is 0.492 e. The molecule has 1 aromatic heterocycles. The Balaban J connectivity index is 2.41. The van der Waals surface area contributed by atoms with Crippen LogP contribution in [-0.4, -0.2) is 11.6 Å². The van der Waals surface area contributed by atoms with Crippen molar-refractivity contribution in [2.24, 2.45) is 5.73 Å². The van der Waals surface area contributed by atoms with E-state index < -0.39 is 0 Å². The van der Waals surface area contributed by atoms with Crippen molar-refractivity contribution in [1.82, 2.24) is 4.98 Å². The molecule has 3 heteroatoms. The maximum absolute atomic E-state index is 6.44. The Bertz CT molecular complexity index is 585. The zero-order chi connectivity index (χ0) is 14.7. The van der Waals surface area contributed by atoms with E-state index in [1.807, 2.05) is 19.2 Å². The van der Waals surface area contributed by atoms with Crippen LogP contribution in [0.2, 0.25) is 0 Å². The fraction of sp³-hybridized carbons (Fsp3) is 0.353. The normalized spacial score (nSPS) is 12.2. The summed E-state index contributed by atoms with van der Waals surface area (Å²) in [6.07, 6.45) is 3.53. The smallest absolute Gasteiger partial charge is 0.137 e. The van der Waals surface area contributed by atoms with Gasteiger partial charge in [0.2, 0.25) is 0 Å². The van der Waals surface area contributed by atoms with Crippen LogP contribution in [0.5, 0.6) is 5.75 Å². The first kappa shape index (κ1) is 14.5. The highest BCUT2D eigenvalue weighted by molar-refractivity contribution is 5.44. The lowest BCUT2D eigenvalue weighted by Crippen LogP contribution is -2.15. The molecule has 1 unspecified atom stereocenters. The molecule has 2 aromatic rings. The Morgan fingerprint density at radius 3 is 2.35 bits per heavy atom. The van der Waals surface area contributed by atoms with Crippen LogP contribution in [0.1, 0.15) is 40.8 Å². The predicted molar refractivity (Wildman–Crippen MR) is 82.1 cm³/mol. The second-order valence-corrected chi connectivity index (χ2v) is 5.18. The van der Waals surface area contributed by atoms with Gasteiger partial charge in [-0.2, -0.15) is 0 Å². The van der Waals surface area contributed by atoms with Crippen LogP contribution in [0.25, 0.3) is 0 Å². The summed E-state index contributed by atoms with van der Waals surface area (Å²) in [7, 11) is 0. The molecule has 1 heterocycles. The van der Waals surface area contributed by atoms with Crippen LogP contribution < -0.4 is 10.5 Å². The third-order valence-electron chi connectivity index (χ3n) is 3.45. The molecule has 106 valence electrons. The molecule has 0 amide bonds. The van der Waals surface area contributed by atoms with Gasteiger partial charge in [-0.15, -0.1) is 0 Å². The van der Waals surface area contributed by atoms with Crippen LogP contribution in [0.15, 0.2) is 30.6 Å². The molecule has 1 atom stereocenters. The fourth-order valence-corrected chi connectivity index (χ4v) is 2.70. The van der Waals surface area contributed by atoms with E-state index in [0.29, 0.717) is 6.61 Å². The number of nitrogens with zero attached hydrogens (tertiary/aromatic N) is 1. The van der Waals surface area contributed by atoms with Crippen LogP contribution >= 0.6 is 0 Å². The minimum absolute atomic E-state index is 0.177. The lowest BCUT2D eigenvalue weighted by Gasteiger charge is -2.19. The fourth-order valence-electron chi connectivity index (χ4n) is 2.70. The Kier molecular flexibility index (Phi) is 4.40. The van der Waals surface area contributed by atoms with E-state index in [4.69, 9.17) is 10.5 Å². The topological polar surface area (TPSA) is 48.1 Å². The molecule has 1 aromatic carbocycles. The van der Waals surface area contributed by atoms with Crippen molar-refractivity contribution in [2.45, 2.75) is 33.7 Å². The van der Waals surface area contributed by atoms with Crippen LogP contribution in [0.4, 0.5) is 0 Å². The summed E-state index contributed by atoms with van der Waals surface area (Å²) in [5.74, 6) is 0.767. The van der Waals surface area contributed by atoms with Crippen LogP contribution in [0.3, 0.4) is 0 Å². The third kappa shape index (κ3) is 2.99. The highest BCUT2D eigenvalue weighted by Crippen LogP contribution is 2.28. The summed E-state index contributed by atoms with van der Waals surface area (Å²) >= 11 is 0. The number of hydrogen-bond donors (Lipinski definition) is 1. The number of hydrogen-bond acceptors (Lipinski definition) is 3. The second-order valence-electron chi connectivity index (χ2n) is 5.18. The van der Waals surface area contributed by atoms with Gasteiger partial charge in [0.05, 0.1) is 18.8 Å². The first-order valence-electron chi connectivity index (χ1n) is 6.94. The van der Waals surface area contributed by atoms with Gasteiger partial charge in [-0.3, -0.25) is 4.98 Å². The lowest BCUT2D eigenvalue weighted by molar-refractivity contribution is 0.338. The van der Waals surface area contributed by atoms with E-state index in [0.717, 1.165) is 11.3 Å². The van der Waals surface area contributed by atoms with Gasteiger partial charge in [-0.25, -0.2) is 0 Å². The van der Waals surface area contributed by atoms with E-state index in [9.17, 15) is 0 Å². The molecule has 0 aliphatic carbocycles. The summed E-state index contributed by atoms with van der Waals surface area (Å²) in [5.41, 5.74) is 12.3. The molecule has 0 bridgehead atoms.